The van der Waals surface area contributed by atoms with Crippen LogP contribution in [0, 0.1) is 0 Å². The summed E-state index contributed by atoms with van der Waals surface area (Å²) in [7, 11) is -2.42. The molecule has 0 amide bonds. The van der Waals surface area contributed by atoms with Gasteiger partial charge in [-0.25, -0.2) is 13.6 Å². The van der Waals surface area contributed by atoms with Gasteiger partial charge in [-0.15, -0.1) is 10.2 Å². The normalized spacial score (nSPS) is 14.6. The molecule has 0 saturated carbocycles. The van der Waals surface area contributed by atoms with E-state index in [4.69, 9.17) is 9.88 Å². The lowest BCUT2D eigenvalue weighted by molar-refractivity contribution is 0.414. The summed E-state index contributed by atoms with van der Waals surface area (Å²) in [4.78, 5) is 1.40. The minimum absolute atomic E-state index is 0.0357. The van der Waals surface area contributed by atoms with Crippen LogP contribution in [0.2, 0.25) is 0 Å². The van der Waals surface area contributed by atoms with Crippen LogP contribution in [-0.2, 0) is 16.6 Å². The molecule has 0 unspecified atom stereocenters. The van der Waals surface area contributed by atoms with Gasteiger partial charge in [-0.2, -0.15) is 4.80 Å². The Morgan fingerprint density at radius 3 is 2.42 bits per heavy atom. The first-order chi connectivity index (χ1) is 17.4. The number of methoxy groups -OCH3 is 1. The van der Waals surface area contributed by atoms with E-state index in [1.165, 1.54) is 16.4 Å². The summed E-state index contributed by atoms with van der Waals surface area (Å²) in [6.07, 6.45) is 2.21. The number of sulfonamides is 1. The highest BCUT2D eigenvalue weighted by Gasteiger charge is 2.23. The fourth-order valence-corrected chi connectivity index (χ4v) is 5.39. The average Bonchev–Trinajstić information content (AvgIpc) is 3.37. The molecule has 1 aliphatic heterocycles. The van der Waals surface area contributed by atoms with Gasteiger partial charge in [0.1, 0.15) is 5.75 Å². The Hall–Kier alpha value is -3.60. The first-order valence-electron chi connectivity index (χ1n) is 11.8. The fourth-order valence-electron chi connectivity index (χ4n) is 4.63. The van der Waals surface area contributed by atoms with E-state index >= 15 is 0 Å². The first-order valence-corrected chi connectivity index (χ1v) is 13.3. The van der Waals surface area contributed by atoms with Crippen molar-refractivity contribution in [3.05, 3.63) is 77.9 Å². The van der Waals surface area contributed by atoms with E-state index < -0.39 is 10.0 Å². The summed E-state index contributed by atoms with van der Waals surface area (Å²) >= 11 is 0. The molecule has 0 bridgehead atoms. The maximum absolute atomic E-state index is 12.5. The molecule has 0 spiro atoms. The van der Waals surface area contributed by atoms with Gasteiger partial charge >= 0.3 is 0 Å². The van der Waals surface area contributed by atoms with Crippen LogP contribution in [0.3, 0.4) is 0 Å². The zero-order valence-corrected chi connectivity index (χ0v) is 20.8. The Morgan fingerprint density at radius 2 is 1.75 bits per heavy atom. The van der Waals surface area contributed by atoms with E-state index in [-0.39, 0.29) is 10.7 Å². The van der Waals surface area contributed by atoms with Gasteiger partial charge < -0.3 is 10.1 Å². The predicted octanol–water partition coefficient (Wildman–Crippen LogP) is 3.18. The summed E-state index contributed by atoms with van der Waals surface area (Å²) in [5, 5.41) is 21.9. The van der Waals surface area contributed by atoms with Crippen molar-refractivity contribution >= 4 is 10.0 Å². The Bertz CT molecular complexity index is 1440. The van der Waals surface area contributed by atoms with Crippen molar-refractivity contribution in [1.29, 1.82) is 0 Å². The SMILES string of the molecule is COc1ccc(Cn2nnc(-c3c(-c4ccc(C5CCNCC5)cc4)cccc3S(N)(=O)=O)n2)cc1. The molecule has 1 aliphatic rings. The second kappa shape index (κ2) is 10.2. The van der Waals surface area contributed by atoms with Crippen molar-refractivity contribution in [1.82, 2.24) is 25.5 Å². The van der Waals surface area contributed by atoms with Crippen molar-refractivity contribution in [3.8, 4) is 28.3 Å². The zero-order chi connectivity index (χ0) is 25.1. The number of primary sulfonamides is 1. The Balaban J connectivity index is 1.51. The van der Waals surface area contributed by atoms with Crippen LogP contribution in [-0.4, -0.2) is 48.8 Å². The molecule has 1 aromatic heterocycles. The minimum atomic E-state index is -4.03. The van der Waals surface area contributed by atoms with E-state index in [1.807, 2.05) is 42.5 Å². The van der Waals surface area contributed by atoms with Crippen LogP contribution in [0.1, 0.15) is 29.9 Å². The number of hydrogen-bond donors (Lipinski definition) is 2. The molecule has 3 aromatic carbocycles. The van der Waals surface area contributed by atoms with Crippen LogP contribution >= 0.6 is 0 Å². The highest BCUT2D eigenvalue weighted by atomic mass is 32.2. The largest absolute Gasteiger partial charge is 0.497 e. The molecule has 186 valence electrons. The summed E-state index contributed by atoms with van der Waals surface area (Å²) < 4.78 is 30.2. The number of rotatable bonds is 7. The highest BCUT2D eigenvalue weighted by Crippen LogP contribution is 2.36. The Morgan fingerprint density at radius 1 is 1.03 bits per heavy atom. The van der Waals surface area contributed by atoms with Crippen molar-refractivity contribution in [2.75, 3.05) is 20.2 Å². The summed E-state index contributed by atoms with van der Waals surface area (Å²) in [6, 6.07) is 20.8. The second-order valence-electron chi connectivity index (χ2n) is 8.86. The smallest absolute Gasteiger partial charge is 0.238 e. The lowest BCUT2D eigenvalue weighted by Crippen LogP contribution is -2.26. The van der Waals surface area contributed by atoms with Gasteiger partial charge in [0, 0.05) is 0 Å². The zero-order valence-electron chi connectivity index (χ0n) is 20.0. The standard InChI is InChI=1S/C26H28N6O3S/c1-35-22-11-5-18(6-12-22)17-32-30-26(29-31-32)25-23(3-2-4-24(25)36(27,33)34)21-9-7-19(8-10-21)20-13-15-28-16-14-20/h2-12,20,28H,13-17H2,1H3,(H2,27,33,34). The molecule has 0 atom stereocenters. The average molecular weight is 505 g/mol. The monoisotopic (exact) mass is 504 g/mol. The van der Waals surface area contributed by atoms with E-state index in [0.717, 1.165) is 42.8 Å². The summed E-state index contributed by atoms with van der Waals surface area (Å²) in [6.45, 7) is 2.41. The molecule has 10 heteroatoms. The Labute approximate surface area is 210 Å². The molecule has 3 N–H and O–H groups in total. The van der Waals surface area contributed by atoms with Gasteiger partial charge in [-0.05, 0) is 77.5 Å². The van der Waals surface area contributed by atoms with Crippen molar-refractivity contribution in [2.24, 2.45) is 5.14 Å². The van der Waals surface area contributed by atoms with Crippen LogP contribution in [0.5, 0.6) is 5.75 Å². The van der Waals surface area contributed by atoms with E-state index in [0.29, 0.717) is 23.6 Å². The number of piperidine rings is 1. The van der Waals surface area contributed by atoms with Crippen LogP contribution in [0.4, 0.5) is 0 Å². The van der Waals surface area contributed by atoms with Crippen molar-refractivity contribution < 1.29 is 13.2 Å². The molecule has 1 fully saturated rings. The number of hydrogen-bond acceptors (Lipinski definition) is 7. The third-order valence-electron chi connectivity index (χ3n) is 6.52. The molecule has 1 saturated heterocycles. The highest BCUT2D eigenvalue weighted by molar-refractivity contribution is 7.89. The molecular formula is C26H28N6O3S. The fraction of sp³-hybridized carbons (Fsp3) is 0.269. The topological polar surface area (TPSA) is 125 Å². The third-order valence-corrected chi connectivity index (χ3v) is 7.48. The lowest BCUT2D eigenvalue weighted by Gasteiger charge is -2.23. The number of aromatic nitrogens is 4. The van der Waals surface area contributed by atoms with Gasteiger partial charge in [-0.1, -0.05) is 48.5 Å². The summed E-state index contributed by atoms with van der Waals surface area (Å²) in [5.74, 6) is 1.48. The molecule has 4 aromatic rings. The third kappa shape index (κ3) is 5.15. The molecule has 0 radical (unpaired) electrons. The van der Waals surface area contributed by atoms with E-state index in [1.54, 1.807) is 13.2 Å². The van der Waals surface area contributed by atoms with Gasteiger partial charge in [0.2, 0.25) is 15.8 Å². The molecule has 2 heterocycles. The van der Waals surface area contributed by atoms with E-state index in [9.17, 15) is 8.42 Å². The number of tetrazole rings is 1. The van der Waals surface area contributed by atoms with Gasteiger partial charge in [0.05, 0.1) is 24.1 Å². The lowest BCUT2D eigenvalue weighted by atomic mass is 9.89. The predicted molar refractivity (Wildman–Crippen MR) is 137 cm³/mol. The molecule has 36 heavy (non-hydrogen) atoms. The summed E-state index contributed by atoms with van der Waals surface area (Å²) in [5.41, 5.74) is 4.12. The second-order valence-corrected chi connectivity index (χ2v) is 10.4. The van der Waals surface area contributed by atoms with Crippen LogP contribution in [0.15, 0.2) is 71.6 Å². The van der Waals surface area contributed by atoms with Crippen molar-refractivity contribution in [3.63, 3.8) is 0 Å². The first kappa shape index (κ1) is 24.1. The number of ether oxygens (including phenoxy) is 1. The number of nitrogens with two attached hydrogens (primary N) is 1. The molecule has 0 aliphatic carbocycles. The quantitative estimate of drug-likeness (QED) is 0.396. The number of nitrogens with zero attached hydrogens (tertiary/aromatic N) is 4. The van der Waals surface area contributed by atoms with Crippen LogP contribution < -0.4 is 15.2 Å². The number of nitrogens with one attached hydrogen (secondary N) is 1. The van der Waals surface area contributed by atoms with Crippen LogP contribution in [0.25, 0.3) is 22.5 Å². The van der Waals surface area contributed by atoms with Gasteiger partial charge in [0.25, 0.3) is 0 Å². The maximum atomic E-state index is 12.5. The molecular weight excluding hydrogens is 476 g/mol. The Kier molecular flexibility index (Phi) is 6.82. The van der Waals surface area contributed by atoms with Gasteiger partial charge in [0.15, 0.2) is 0 Å². The van der Waals surface area contributed by atoms with Gasteiger partial charge in [-0.3, -0.25) is 0 Å². The molecule has 9 nitrogen and oxygen atoms in total. The van der Waals surface area contributed by atoms with E-state index in [2.05, 4.69) is 32.9 Å². The number of benzene rings is 3. The van der Waals surface area contributed by atoms with Crippen molar-refractivity contribution in [2.45, 2.75) is 30.2 Å². The minimum Gasteiger partial charge on any atom is -0.497 e. The molecule has 5 rings (SSSR count). The maximum Gasteiger partial charge on any atom is 0.238 e.